The summed E-state index contributed by atoms with van der Waals surface area (Å²) in [4.78, 5) is 33.9. The monoisotopic (exact) mass is 577 g/mol. The van der Waals surface area contributed by atoms with Gasteiger partial charge in [-0.15, -0.1) is 0 Å². The SMILES string of the molecule is CC(C)(C)OC(=O)CCCCCOc1cccc(Cc2nc3c(Cc4ccccc4)[nH]c(-c4ccccc4)cn-3c2=O)c1. The number of rotatable bonds is 12. The molecule has 0 aliphatic carbocycles. The van der Waals surface area contributed by atoms with Gasteiger partial charge in [0.1, 0.15) is 17.0 Å². The Morgan fingerprint density at radius 3 is 2.33 bits per heavy atom. The van der Waals surface area contributed by atoms with E-state index in [1.165, 1.54) is 0 Å². The van der Waals surface area contributed by atoms with E-state index in [1.807, 2.05) is 99.8 Å². The van der Waals surface area contributed by atoms with E-state index < -0.39 is 5.60 Å². The van der Waals surface area contributed by atoms with Crippen molar-refractivity contribution in [1.29, 1.82) is 0 Å². The molecule has 0 atom stereocenters. The minimum absolute atomic E-state index is 0.119. The van der Waals surface area contributed by atoms with Crippen molar-refractivity contribution in [2.24, 2.45) is 0 Å². The van der Waals surface area contributed by atoms with Gasteiger partial charge in [0.25, 0.3) is 5.56 Å². The fourth-order valence-corrected chi connectivity index (χ4v) is 5.05. The van der Waals surface area contributed by atoms with Crippen LogP contribution in [0.3, 0.4) is 0 Å². The second kappa shape index (κ2) is 13.6. The van der Waals surface area contributed by atoms with Crippen LogP contribution in [0.4, 0.5) is 0 Å². The van der Waals surface area contributed by atoms with E-state index in [9.17, 15) is 9.59 Å². The molecule has 43 heavy (non-hydrogen) atoms. The highest BCUT2D eigenvalue weighted by Crippen LogP contribution is 2.24. The maximum atomic E-state index is 13.6. The van der Waals surface area contributed by atoms with Crippen molar-refractivity contribution in [3.05, 3.63) is 124 Å². The van der Waals surface area contributed by atoms with Crippen LogP contribution < -0.4 is 10.3 Å². The normalized spacial score (nSPS) is 11.5. The molecule has 1 N–H and O–H groups in total. The molecule has 0 radical (unpaired) electrons. The van der Waals surface area contributed by atoms with E-state index in [4.69, 9.17) is 14.5 Å². The second-order valence-corrected chi connectivity index (χ2v) is 11.8. The maximum absolute atomic E-state index is 13.6. The Hall–Kier alpha value is -4.65. The zero-order valence-electron chi connectivity index (χ0n) is 25.1. The van der Waals surface area contributed by atoms with Gasteiger partial charge in [0.15, 0.2) is 5.82 Å². The molecule has 0 aromatic heterocycles. The minimum Gasteiger partial charge on any atom is -0.494 e. The zero-order chi connectivity index (χ0) is 30.2. The van der Waals surface area contributed by atoms with E-state index in [0.29, 0.717) is 37.4 Å². The van der Waals surface area contributed by atoms with E-state index in [0.717, 1.165) is 53.1 Å². The number of aromatic nitrogens is 3. The summed E-state index contributed by atoms with van der Waals surface area (Å²) in [6.07, 6.45) is 5.79. The quantitative estimate of drug-likeness (QED) is 0.126. The van der Waals surface area contributed by atoms with Gasteiger partial charge in [0, 0.05) is 25.5 Å². The number of nitrogens with zero attached hydrogens (tertiary/aromatic N) is 2. The molecule has 0 spiro atoms. The van der Waals surface area contributed by atoms with Gasteiger partial charge in [-0.2, -0.15) is 0 Å². The number of carbonyl (C=O) groups is 1. The van der Waals surface area contributed by atoms with Crippen molar-refractivity contribution >= 4 is 5.97 Å². The van der Waals surface area contributed by atoms with Crippen LogP contribution in [0.15, 0.2) is 95.9 Å². The molecule has 0 saturated heterocycles. The third kappa shape index (κ3) is 8.22. The molecule has 3 aromatic carbocycles. The van der Waals surface area contributed by atoms with Crippen LogP contribution in [0.2, 0.25) is 0 Å². The van der Waals surface area contributed by atoms with Crippen LogP contribution in [0.1, 0.15) is 69.0 Å². The number of aromatic amines is 1. The Labute approximate surface area is 252 Å². The number of benzene rings is 3. The van der Waals surface area contributed by atoms with Gasteiger partial charge in [-0.3, -0.25) is 14.2 Å². The largest absolute Gasteiger partial charge is 0.494 e. The smallest absolute Gasteiger partial charge is 0.306 e. The van der Waals surface area contributed by atoms with Gasteiger partial charge in [-0.1, -0.05) is 72.8 Å². The molecule has 5 rings (SSSR count). The molecule has 2 aliphatic heterocycles. The lowest BCUT2D eigenvalue weighted by Crippen LogP contribution is -2.23. The Kier molecular flexibility index (Phi) is 9.40. The molecule has 3 aromatic rings. The number of ether oxygens (including phenoxy) is 2. The number of unbranched alkanes of at least 4 members (excludes halogenated alkanes) is 2. The maximum Gasteiger partial charge on any atom is 0.306 e. The summed E-state index contributed by atoms with van der Waals surface area (Å²) in [5.41, 5.74) is 4.77. The van der Waals surface area contributed by atoms with Crippen molar-refractivity contribution in [2.45, 2.75) is 64.9 Å². The number of imidazole rings is 1. The van der Waals surface area contributed by atoms with Crippen LogP contribution in [-0.2, 0) is 22.4 Å². The number of H-pyrrole nitrogens is 1. The van der Waals surface area contributed by atoms with E-state index in [1.54, 1.807) is 4.57 Å². The van der Waals surface area contributed by atoms with Gasteiger partial charge >= 0.3 is 5.97 Å². The predicted molar refractivity (Wildman–Crippen MR) is 169 cm³/mol. The van der Waals surface area contributed by atoms with Crippen molar-refractivity contribution in [3.63, 3.8) is 0 Å². The fourth-order valence-electron chi connectivity index (χ4n) is 5.05. The first-order valence-electron chi connectivity index (χ1n) is 14.9. The number of carbonyl (C=O) groups excluding carboxylic acids is 1. The Morgan fingerprint density at radius 1 is 0.860 bits per heavy atom. The topological polar surface area (TPSA) is 86.2 Å². The molecular weight excluding hydrogens is 538 g/mol. The standard InChI is InChI=1S/C36H39N3O4/c1-36(2,3)43-33(40)20-11-6-12-21-42-29-19-13-16-27(22-29)24-31-35(41)39-25-32(28-17-9-5-10-18-28)37-30(34(39)38-31)23-26-14-7-4-8-15-26/h4-5,7-10,13-19,22,25,37H,6,11-12,20-21,23-24H2,1-3H3. The van der Waals surface area contributed by atoms with Gasteiger partial charge in [-0.25, -0.2) is 4.98 Å². The molecule has 222 valence electrons. The average molecular weight is 578 g/mol. The molecular formula is C36H39N3O4. The first kappa shape index (κ1) is 29.8. The third-order valence-corrected chi connectivity index (χ3v) is 7.04. The summed E-state index contributed by atoms with van der Waals surface area (Å²) in [6.45, 7) is 6.19. The summed E-state index contributed by atoms with van der Waals surface area (Å²) in [6, 6.07) is 28.0. The van der Waals surface area contributed by atoms with E-state index >= 15 is 0 Å². The second-order valence-electron chi connectivity index (χ2n) is 11.8. The van der Waals surface area contributed by atoms with Gasteiger partial charge in [0.2, 0.25) is 0 Å². The zero-order valence-corrected chi connectivity index (χ0v) is 25.1. The highest BCUT2D eigenvalue weighted by molar-refractivity contribution is 5.69. The Balaban J connectivity index is 1.28. The van der Waals surface area contributed by atoms with Crippen LogP contribution in [0.5, 0.6) is 5.75 Å². The highest BCUT2D eigenvalue weighted by atomic mass is 16.6. The summed E-state index contributed by atoms with van der Waals surface area (Å²) in [7, 11) is 0. The Morgan fingerprint density at radius 2 is 1.58 bits per heavy atom. The van der Waals surface area contributed by atoms with Crippen molar-refractivity contribution in [2.75, 3.05) is 6.61 Å². The molecule has 0 bridgehead atoms. The number of fused-ring (bicyclic) bond motifs is 1. The van der Waals surface area contributed by atoms with Crippen LogP contribution >= 0.6 is 0 Å². The number of hydrogen-bond acceptors (Lipinski definition) is 5. The van der Waals surface area contributed by atoms with Crippen molar-refractivity contribution in [3.8, 4) is 22.8 Å². The third-order valence-electron chi connectivity index (χ3n) is 7.04. The first-order chi connectivity index (χ1) is 20.7. The van der Waals surface area contributed by atoms with Gasteiger partial charge in [0.05, 0.1) is 18.0 Å². The molecule has 0 saturated carbocycles. The summed E-state index contributed by atoms with van der Waals surface area (Å²) < 4.78 is 13.0. The lowest BCUT2D eigenvalue weighted by Gasteiger charge is -2.19. The van der Waals surface area contributed by atoms with E-state index in [2.05, 4.69) is 17.1 Å². The van der Waals surface area contributed by atoms with Crippen molar-refractivity contribution < 1.29 is 14.3 Å². The summed E-state index contributed by atoms with van der Waals surface area (Å²) in [5, 5.41) is 0. The highest BCUT2D eigenvalue weighted by Gasteiger charge is 2.21. The van der Waals surface area contributed by atoms with Gasteiger partial charge in [-0.05, 0) is 68.9 Å². The average Bonchev–Trinajstić information content (AvgIpc) is 3.30. The minimum atomic E-state index is -0.449. The molecule has 7 heteroatoms. The predicted octanol–water partition coefficient (Wildman–Crippen LogP) is 7.13. The molecule has 0 unspecified atom stereocenters. The van der Waals surface area contributed by atoms with Crippen LogP contribution in [0, 0.1) is 0 Å². The van der Waals surface area contributed by atoms with Gasteiger partial charge < -0.3 is 14.5 Å². The summed E-state index contributed by atoms with van der Waals surface area (Å²) >= 11 is 0. The molecule has 2 aliphatic rings. The number of hydrogen-bond donors (Lipinski definition) is 1. The van der Waals surface area contributed by atoms with Crippen LogP contribution in [-0.4, -0.2) is 32.7 Å². The molecule has 2 heterocycles. The molecule has 0 fully saturated rings. The lowest BCUT2D eigenvalue weighted by atomic mass is 10.1. The fraction of sp³-hybridized carbons (Fsp3) is 0.306. The lowest BCUT2D eigenvalue weighted by molar-refractivity contribution is -0.154. The first-order valence-corrected chi connectivity index (χ1v) is 14.9. The van der Waals surface area contributed by atoms with E-state index in [-0.39, 0.29) is 11.5 Å². The molecule has 0 amide bonds. The Bertz CT molecular complexity index is 1670. The van der Waals surface area contributed by atoms with Crippen LogP contribution in [0.25, 0.3) is 17.1 Å². The molecule has 7 nitrogen and oxygen atoms in total. The number of nitrogens with one attached hydrogen (secondary N) is 1. The number of esters is 1. The van der Waals surface area contributed by atoms with Crippen molar-refractivity contribution in [1.82, 2.24) is 14.5 Å². The summed E-state index contributed by atoms with van der Waals surface area (Å²) in [5.74, 6) is 1.24.